The first-order chi connectivity index (χ1) is 9.42. The third-order valence-electron chi connectivity index (χ3n) is 3.75. The van der Waals surface area contributed by atoms with Gasteiger partial charge in [0.25, 0.3) is 0 Å². The second kappa shape index (κ2) is 4.02. The summed E-state index contributed by atoms with van der Waals surface area (Å²) < 4.78 is 0. The summed E-state index contributed by atoms with van der Waals surface area (Å²) in [7, 11) is 0. The highest BCUT2D eigenvalue weighted by molar-refractivity contribution is 5.86. The van der Waals surface area contributed by atoms with Crippen LogP contribution in [0.15, 0.2) is 60.9 Å². The van der Waals surface area contributed by atoms with Crippen LogP contribution in [0.25, 0.3) is 21.8 Å². The van der Waals surface area contributed by atoms with Crippen molar-refractivity contribution < 1.29 is 0 Å². The first-order valence-electron chi connectivity index (χ1n) is 6.52. The molecule has 2 heterocycles. The topological polar surface area (TPSA) is 31.6 Å². The van der Waals surface area contributed by atoms with Crippen molar-refractivity contribution in [2.75, 3.05) is 0 Å². The Balaban J connectivity index is 1.86. The minimum Gasteiger partial charge on any atom is -0.361 e. The molecule has 2 nitrogen and oxygen atoms in total. The van der Waals surface area contributed by atoms with Crippen LogP contribution in [0.2, 0.25) is 0 Å². The summed E-state index contributed by atoms with van der Waals surface area (Å²) in [6.45, 7) is 0. The molecule has 0 fully saturated rings. The number of nitrogens with one attached hydrogen (secondary N) is 2. The molecular weight excluding hydrogens is 232 g/mol. The molecule has 0 saturated heterocycles. The summed E-state index contributed by atoms with van der Waals surface area (Å²) in [6.07, 6.45) is 4.97. The van der Waals surface area contributed by atoms with Gasteiger partial charge in [0.15, 0.2) is 0 Å². The van der Waals surface area contributed by atoms with Crippen molar-refractivity contribution in [2.24, 2.45) is 0 Å². The van der Waals surface area contributed by atoms with Crippen molar-refractivity contribution in [1.82, 2.24) is 9.97 Å². The summed E-state index contributed by atoms with van der Waals surface area (Å²) in [5, 5.41) is 2.63. The molecule has 0 saturated carbocycles. The highest BCUT2D eigenvalue weighted by atomic mass is 14.7. The smallest absolute Gasteiger partial charge is 0.0456 e. The van der Waals surface area contributed by atoms with E-state index in [0.717, 1.165) is 6.42 Å². The Morgan fingerprint density at radius 1 is 0.632 bits per heavy atom. The highest BCUT2D eigenvalue weighted by Crippen LogP contribution is 2.24. The van der Waals surface area contributed by atoms with Crippen molar-refractivity contribution >= 4 is 21.8 Å². The standard InChI is InChI=1S/C17H14N2/c1-3-12(14-7-9-18-16(14)5-1)11-13-4-2-6-17-15(13)8-10-19-17/h1-10,18-19H,11H2. The Labute approximate surface area is 111 Å². The van der Waals surface area contributed by atoms with Crippen LogP contribution in [0.1, 0.15) is 11.1 Å². The number of aromatic amines is 2. The van der Waals surface area contributed by atoms with Crippen LogP contribution in [0, 0.1) is 0 Å². The SMILES string of the molecule is c1cc(Cc2cccc3[nH]ccc23)c2cc[nH]c2c1. The molecule has 0 unspecified atom stereocenters. The van der Waals surface area contributed by atoms with Crippen LogP contribution in [-0.2, 0) is 6.42 Å². The van der Waals surface area contributed by atoms with E-state index in [0.29, 0.717) is 0 Å². The number of H-pyrrole nitrogens is 2. The average Bonchev–Trinajstić information content (AvgIpc) is 3.08. The molecular formula is C17H14N2. The van der Waals surface area contributed by atoms with Crippen molar-refractivity contribution in [3.63, 3.8) is 0 Å². The van der Waals surface area contributed by atoms with E-state index < -0.39 is 0 Å². The minimum atomic E-state index is 0.963. The summed E-state index contributed by atoms with van der Waals surface area (Å²) in [4.78, 5) is 6.54. The van der Waals surface area contributed by atoms with Crippen LogP contribution in [0.5, 0.6) is 0 Å². The van der Waals surface area contributed by atoms with E-state index in [1.165, 1.54) is 32.9 Å². The minimum absolute atomic E-state index is 0.963. The zero-order chi connectivity index (χ0) is 12.7. The van der Waals surface area contributed by atoms with Crippen molar-refractivity contribution in [2.45, 2.75) is 6.42 Å². The fraction of sp³-hybridized carbons (Fsp3) is 0.0588. The van der Waals surface area contributed by atoms with Crippen LogP contribution in [0.3, 0.4) is 0 Å². The summed E-state index contributed by atoms with van der Waals surface area (Å²) in [6, 6.07) is 17.2. The molecule has 0 spiro atoms. The maximum Gasteiger partial charge on any atom is 0.0456 e. The molecule has 0 atom stereocenters. The Morgan fingerprint density at radius 3 is 1.68 bits per heavy atom. The summed E-state index contributed by atoms with van der Waals surface area (Å²) >= 11 is 0. The molecule has 2 aromatic carbocycles. The Morgan fingerprint density at radius 2 is 1.16 bits per heavy atom. The third kappa shape index (κ3) is 1.65. The van der Waals surface area contributed by atoms with Crippen LogP contribution in [0.4, 0.5) is 0 Å². The van der Waals surface area contributed by atoms with Gasteiger partial charge in [0.05, 0.1) is 0 Å². The molecule has 2 heteroatoms. The molecule has 19 heavy (non-hydrogen) atoms. The average molecular weight is 246 g/mol. The van der Waals surface area contributed by atoms with E-state index in [1.807, 2.05) is 12.4 Å². The number of rotatable bonds is 2. The molecule has 0 bridgehead atoms. The summed E-state index contributed by atoms with van der Waals surface area (Å²) in [5.74, 6) is 0. The Bertz CT molecular complexity index is 780. The van der Waals surface area contributed by atoms with E-state index in [9.17, 15) is 0 Å². The molecule has 0 amide bonds. The van der Waals surface area contributed by atoms with Crippen LogP contribution >= 0.6 is 0 Å². The second-order valence-electron chi connectivity index (χ2n) is 4.89. The number of fused-ring (bicyclic) bond motifs is 2. The third-order valence-corrected chi connectivity index (χ3v) is 3.75. The molecule has 0 aliphatic heterocycles. The van der Waals surface area contributed by atoms with Gasteiger partial charge in [-0.25, -0.2) is 0 Å². The quantitative estimate of drug-likeness (QED) is 0.530. The van der Waals surface area contributed by atoms with Crippen molar-refractivity contribution in [3.8, 4) is 0 Å². The van der Waals surface area contributed by atoms with Crippen molar-refractivity contribution in [1.29, 1.82) is 0 Å². The van der Waals surface area contributed by atoms with Gasteiger partial charge in [-0.05, 0) is 41.8 Å². The first-order valence-corrected chi connectivity index (χ1v) is 6.52. The number of aromatic nitrogens is 2. The van der Waals surface area contributed by atoms with Gasteiger partial charge in [-0.3, -0.25) is 0 Å². The Kier molecular flexibility index (Phi) is 2.21. The zero-order valence-corrected chi connectivity index (χ0v) is 10.5. The molecule has 0 aliphatic carbocycles. The molecule has 4 rings (SSSR count). The molecule has 0 radical (unpaired) electrons. The predicted octanol–water partition coefficient (Wildman–Crippen LogP) is 4.24. The lowest BCUT2D eigenvalue weighted by Crippen LogP contribution is -1.89. The highest BCUT2D eigenvalue weighted by Gasteiger charge is 2.06. The van der Waals surface area contributed by atoms with Crippen molar-refractivity contribution in [3.05, 3.63) is 72.1 Å². The lowest BCUT2D eigenvalue weighted by atomic mass is 9.99. The van der Waals surface area contributed by atoms with Crippen LogP contribution in [-0.4, -0.2) is 9.97 Å². The molecule has 2 N–H and O–H groups in total. The van der Waals surface area contributed by atoms with E-state index in [4.69, 9.17) is 0 Å². The number of hydrogen-bond acceptors (Lipinski definition) is 0. The zero-order valence-electron chi connectivity index (χ0n) is 10.5. The normalized spacial score (nSPS) is 11.4. The first kappa shape index (κ1) is 10.4. The summed E-state index contributed by atoms with van der Waals surface area (Å²) in [5.41, 5.74) is 5.15. The fourth-order valence-corrected chi connectivity index (χ4v) is 2.81. The lowest BCUT2D eigenvalue weighted by Gasteiger charge is -2.05. The fourth-order valence-electron chi connectivity index (χ4n) is 2.81. The van der Waals surface area contributed by atoms with E-state index in [2.05, 4.69) is 58.5 Å². The van der Waals surface area contributed by atoms with Gasteiger partial charge in [0.1, 0.15) is 0 Å². The molecule has 4 aromatic rings. The van der Waals surface area contributed by atoms with E-state index >= 15 is 0 Å². The number of hydrogen-bond donors (Lipinski definition) is 2. The van der Waals surface area contributed by atoms with Gasteiger partial charge >= 0.3 is 0 Å². The van der Waals surface area contributed by atoms with Gasteiger partial charge < -0.3 is 9.97 Å². The van der Waals surface area contributed by atoms with Gasteiger partial charge in [-0.15, -0.1) is 0 Å². The maximum absolute atomic E-state index is 3.27. The molecule has 92 valence electrons. The molecule has 0 aliphatic rings. The van der Waals surface area contributed by atoms with Crippen LogP contribution < -0.4 is 0 Å². The van der Waals surface area contributed by atoms with E-state index in [-0.39, 0.29) is 0 Å². The lowest BCUT2D eigenvalue weighted by molar-refractivity contribution is 1.24. The van der Waals surface area contributed by atoms with Gasteiger partial charge in [-0.2, -0.15) is 0 Å². The second-order valence-corrected chi connectivity index (χ2v) is 4.89. The van der Waals surface area contributed by atoms with Gasteiger partial charge in [0, 0.05) is 34.2 Å². The predicted molar refractivity (Wildman–Crippen MR) is 79.4 cm³/mol. The molecule has 2 aromatic heterocycles. The number of benzene rings is 2. The Hall–Kier alpha value is -2.48. The maximum atomic E-state index is 3.27. The monoisotopic (exact) mass is 246 g/mol. The largest absolute Gasteiger partial charge is 0.361 e. The van der Waals surface area contributed by atoms with E-state index in [1.54, 1.807) is 0 Å². The van der Waals surface area contributed by atoms with Gasteiger partial charge in [-0.1, -0.05) is 24.3 Å². The van der Waals surface area contributed by atoms with Gasteiger partial charge in [0.2, 0.25) is 0 Å².